The Morgan fingerprint density at radius 3 is 2.88 bits per heavy atom. The van der Waals surface area contributed by atoms with Gasteiger partial charge in [0, 0.05) is 19.1 Å². The van der Waals surface area contributed by atoms with E-state index in [0.29, 0.717) is 12.6 Å². The Balaban J connectivity index is 1.93. The van der Waals surface area contributed by atoms with Crippen molar-refractivity contribution >= 4 is 5.97 Å². The molecule has 0 saturated carbocycles. The van der Waals surface area contributed by atoms with Gasteiger partial charge in [-0.05, 0) is 46.2 Å². The first-order valence-corrected chi connectivity index (χ1v) is 6.87. The molecular weight excluding hydrogens is 216 g/mol. The van der Waals surface area contributed by atoms with Crippen LogP contribution in [-0.2, 0) is 9.53 Å². The van der Waals surface area contributed by atoms with Gasteiger partial charge in [0.25, 0.3) is 0 Å². The molecule has 0 spiro atoms. The van der Waals surface area contributed by atoms with Gasteiger partial charge >= 0.3 is 5.97 Å². The van der Waals surface area contributed by atoms with Gasteiger partial charge in [0.2, 0.25) is 0 Å². The summed E-state index contributed by atoms with van der Waals surface area (Å²) in [5.74, 6) is -0.0704. The first-order chi connectivity index (χ1) is 8.22. The van der Waals surface area contributed by atoms with Gasteiger partial charge < -0.3 is 4.74 Å². The lowest BCUT2D eigenvalue weighted by Gasteiger charge is -2.29. The van der Waals surface area contributed by atoms with E-state index in [1.165, 1.54) is 32.4 Å². The number of carbonyl (C=O) groups is 1. The Labute approximate surface area is 104 Å². The highest BCUT2D eigenvalue weighted by molar-refractivity contribution is 5.75. The van der Waals surface area contributed by atoms with Crippen LogP contribution in [0, 0.1) is 0 Å². The Morgan fingerprint density at radius 2 is 2.12 bits per heavy atom. The highest BCUT2D eigenvalue weighted by Gasteiger charge is 2.32. The maximum atomic E-state index is 11.8. The predicted octanol–water partition coefficient (Wildman–Crippen LogP) is 1.11. The number of rotatable bonds is 3. The first kappa shape index (κ1) is 12.8. The van der Waals surface area contributed by atoms with Crippen LogP contribution in [0.3, 0.4) is 0 Å². The first-order valence-electron chi connectivity index (χ1n) is 6.87. The molecule has 0 N–H and O–H groups in total. The largest absolute Gasteiger partial charge is 0.465 e. The third-order valence-corrected chi connectivity index (χ3v) is 4.01. The number of hydrogen-bond acceptors (Lipinski definition) is 4. The zero-order valence-corrected chi connectivity index (χ0v) is 11.0. The SMILES string of the molecule is CCOC(=O)C(C)N1CCCN2CCCC2C1. The molecule has 2 unspecified atom stereocenters. The van der Waals surface area contributed by atoms with E-state index in [4.69, 9.17) is 4.74 Å². The minimum absolute atomic E-state index is 0.0704. The van der Waals surface area contributed by atoms with Crippen LogP contribution < -0.4 is 0 Å². The number of ether oxygens (including phenoxy) is 1. The summed E-state index contributed by atoms with van der Waals surface area (Å²) < 4.78 is 5.11. The maximum Gasteiger partial charge on any atom is 0.323 e. The monoisotopic (exact) mass is 240 g/mol. The standard InChI is InChI=1S/C13H24N2O2/c1-3-17-13(16)11(2)15-9-5-8-14-7-4-6-12(14)10-15/h11-12H,3-10H2,1-2H3. The van der Waals surface area contributed by atoms with Gasteiger partial charge in [0.05, 0.1) is 6.61 Å². The molecule has 0 aromatic rings. The molecule has 0 amide bonds. The van der Waals surface area contributed by atoms with Gasteiger partial charge in [-0.15, -0.1) is 0 Å². The average Bonchev–Trinajstić information content (AvgIpc) is 2.66. The second-order valence-corrected chi connectivity index (χ2v) is 5.11. The number of esters is 1. The molecule has 98 valence electrons. The molecule has 4 heteroatoms. The molecule has 2 saturated heterocycles. The molecule has 0 aromatic heterocycles. The molecule has 0 bridgehead atoms. The lowest BCUT2D eigenvalue weighted by Crippen LogP contribution is -2.44. The Kier molecular flexibility index (Phi) is 4.40. The minimum atomic E-state index is -0.0875. The lowest BCUT2D eigenvalue weighted by molar-refractivity contribution is -0.148. The quantitative estimate of drug-likeness (QED) is 0.692. The zero-order valence-electron chi connectivity index (χ0n) is 11.0. The van der Waals surface area contributed by atoms with Crippen molar-refractivity contribution in [2.45, 2.75) is 45.2 Å². The summed E-state index contributed by atoms with van der Waals surface area (Å²) in [5.41, 5.74) is 0. The van der Waals surface area contributed by atoms with E-state index in [9.17, 15) is 4.79 Å². The second-order valence-electron chi connectivity index (χ2n) is 5.11. The van der Waals surface area contributed by atoms with Crippen LogP contribution in [0.1, 0.15) is 33.1 Å². The topological polar surface area (TPSA) is 32.8 Å². The molecule has 2 atom stereocenters. The molecule has 2 fully saturated rings. The van der Waals surface area contributed by atoms with E-state index in [1.54, 1.807) is 0 Å². The van der Waals surface area contributed by atoms with Crippen LogP contribution in [0.15, 0.2) is 0 Å². The Bertz CT molecular complexity index is 270. The van der Waals surface area contributed by atoms with E-state index < -0.39 is 0 Å². The normalized spacial score (nSPS) is 28.5. The van der Waals surface area contributed by atoms with Crippen LogP contribution in [0.2, 0.25) is 0 Å². The van der Waals surface area contributed by atoms with Crippen molar-refractivity contribution in [1.29, 1.82) is 0 Å². The Morgan fingerprint density at radius 1 is 1.35 bits per heavy atom. The highest BCUT2D eigenvalue weighted by Crippen LogP contribution is 2.22. The van der Waals surface area contributed by atoms with E-state index in [0.717, 1.165) is 13.1 Å². The molecule has 2 heterocycles. The molecule has 4 nitrogen and oxygen atoms in total. The van der Waals surface area contributed by atoms with Crippen LogP contribution in [0.4, 0.5) is 0 Å². The fraction of sp³-hybridized carbons (Fsp3) is 0.923. The fourth-order valence-corrected chi connectivity index (χ4v) is 3.00. The molecule has 2 aliphatic rings. The number of carbonyl (C=O) groups excluding carboxylic acids is 1. The smallest absolute Gasteiger partial charge is 0.323 e. The third kappa shape index (κ3) is 2.99. The lowest BCUT2D eigenvalue weighted by atomic mass is 10.2. The fourth-order valence-electron chi connectivity index (χ4n) is 3.00. The van der Waals surface area contributed by atoms with Crippen molar-refractivity contribution in [1.82, 2.24) is 9.80 Å². The van der Waals surface area contributed by atoms with Gasteiger partial charge in [-0.1, -0.05) is 0 Å². The molecule has 17 heavy (non-hydrogen) atoms. The van der Waals surface area contributed by atoms with Crippen LogP contribution >= 0.6 is 0 Å². The van der Waals surface area contributed by atoms with Gasteiger partial charge in [0.15, 0.2) is 0 Å². The number of hydrogen-bond donors (Lipinski definition) is 0. The van der Waals surface area contributed by atoms with E-state index >= 15 is 0 Å². The zero-order chi connectivity index (χ0) is 12.3. The second kappa shape index (κ2) is 5.83. The molecule has 2 aliphatic heterocycles. The van der Waals surface area contributed by atoms with E-state index in [1.807, 2.05) is 13.8 Å². The third-order valence-electron chi connectivity index (χ3n) is 4.01. The van der Waals surface area contributed by atoms with Crippen molar-refractivity contribution in [3.05, 3.63) is 0 Å². The van der Waals surface area contributed by atoms with Crippen LogP contribution in [-0.4, -0.2) is 60.6 Å². The van der Waals surface area contributed by atoms with Gasteiger partial charge in [-0.3, -0.25) is 14.6 Å². The molecule has 0 aromatic carbocycles. The van der Waals surface area contributed by atoms with Crippen LogP contribution in [0.5, 0.6) is 0 Å². The highest BCUT2D eigenvalue weighted by atomic mass is 16.5. The summed E-state index contributed by atoms with van der Waals surface area (Å²) in [6.07, 6.45) is 3.76. The summed E-state index contributed by atoms with van der Waals surface area (Å²) >= 11 is 0. The van der Waals surface area contributed by atoms with E-state index in [2.05, 4.69) is 9.80 Å². The molecule has 0 radical (unpaired) electrons. The molecule has 2 rings (SSSR count). The summed E-state index contributed by atoms with van der Waals surface area (Å²) in [5, 5.41) is 0. The Hall–Kier alpha value is -0.610. The molecular formula is C13H24N2O2. The summed E-state index contributed by atoms with van der Waals surface area (Å²) in [4.78, 5) is 16.7. The summed E-state index contributed by atoms with van der Waals surface area (Å²) in [7, 11) is 0. The summed E-state index contributed by atoms with van der Waals surface area (Å²) in [6.45, 7) is 8.80. The minimum Gasteiger partial charge on any atom is -0.465 e. The van der Waals surface area contributed by atoms with Crippen molar-refractivity contribution < 1.29 is 9.53 Å². The maximum absolute atomic E-state index is 11.8. The van der Waals surface area contributed by atoms with Gasteiger partial charge in [0.1, 0.15) is 6.04 Å². The van der Waals surface area contributed by atoms with Gasteiger partial charge in [-0.2, -0.15) is 0 Å². The molecule has 0 aliphatic carbocycles. The number of nitrogens with zero attached hydrogens (tertiary/aromatic N) is 2. The van der Waals surface area contributed by atoms with Crippen molar-refractivity contribution in [2.24, 2.45) is 0 Å². The van der Waals surface area contributed by atoms with Crippen molar-refractivity contribution in [2.75, 3.05) is 32.8 Å². The predicted molar refractivity (Wildman–Crippen MR) is 66.9 cm³/mol. The summed E-state index contributed by atoms with van der Waals surface area (Å²) in [6, 6.07) is 0.574. The number of fused-ring (bicyclic) bond motifs is 1. The van der Waals surface area contributed by atoms with E-state index in [-0.39, 0.29) is 12.0 Å². The van der Waals surface area contributed by atoms with Crippen molar-refractivity contribution in [3.63, 3.8) is 0 Å². The van der Waals surface area contributed by atoms with Crippen LogP contribution in [0.25, 0.3) is 0 Å². The van der Waals surface area contributed by atoms with Gasteiger partial charge in [-0.25, -0.2) is 0 Å². The average molecular weight is 240 g/mol. The van der Waals surface area contributed by atoms with Crippen molar-refractivity contribution in [3.8, 4) is 0 Å².